The smallest absolute Gasteiger partial charge is 0.270 e. The molecule has 1 saturated heterocycles. The van der Waals surface area contributed by atoms with Gasteiger partial charge in [-0.25, -0.2) is 4.68 Å². The van der Waals surface area contributed by atoms with Crippen LogP contribution in [0.2, 0.25) is 0 Å². The quantitative estimate of drug-likeness (QED) is 0.571. The minimum atomic E-state index is -0.0804. The second-order valence-electron chi connectivity index (χ2n) is 7.82. The molecule has 30 heavy (non-hydrogen) atoms. The van der Waals surface area contributed by atoms with Crippen LogP contribution in [-0.4, -0.2) is 55.1 Å². The molecule has 2 N–H and O–H groups in total. The maximum absolute atomic E-state index is 13.1. The molecule has 4 rings (SSSR count). The van der Waals surface area contributed by atoms with Crippen LogP contribution in [0.3, 0.4) is 0 Å². The predicted octanol–water partition coefficient (Wildman–Crippen LogP) is 2.25. The Bertz CT molecular complexity index is 991. The number of nitrogens with zero attached hydrogens (tertiary/aromatic N) is 2. The van der Waals surface area contributed by atoms with E-state index in [1.54, 1.807) is 20.9 Å². The van der Waals surface area contributed by atoms with Crippen molar-refractivity contribution in [3.8, 4) is 16.3 Å². The van der Waals surface area contributed by atoms with Gasteiger partial charge in [0.1, 0.15) is 24.5 Å². The lowest BCUT2D eigenvalue weighted by Gasteiger charge is -2.23. The van der Waals surface area contributed by atoms with Gasteiger partial charge in [0.25, 0.3) is 5.91 Å². The summed E-state index contributed by atoms with van der Waals surface area (Å²) in [4.78, 5) is 15.7. The number of aryl methyl sites for hydroxylation is 2. The molecule has 1 fully saturated rings. The fraction of sp³-hybridized carbons (Fsp3) is 0.391. The Hall–Kier alpha value is -2.48. The fourth-order valence-corrected chi connectivity index (χ4v) is 4.44. The molecule has 6 nitrogen and oxygen atoms in total. The van der Waals surface area contributed by atoms with Crippen molar-refractivity contribution in [2.75, 3.05) is 39.4 Å². The molecule has 2 aromatic heterocycles. The maximum atomic E-state index is 13.1. The normalized spacial score (nSPS) is 14.7. The highest BCUT2D eigenvalue weighted by Crippen LogP contribution is 2.27. The Balaban J connectivity index is 1.52. The van der Waals surface area contributed by atoms with E-state index < -0.39 is 0 Å². The number of ether oxygens (including phenoxy) is 1. The second-order valence-corrected chi connectivity index (χ2v) is 8.76. The summed E-state index contributed by atoms with van der Waals surface area (Å²) in [6, 6.07) is 12.2. The molecule has 0 spiro atoms. The summed E-state index contributed by atoms with van der Waals surface area (Å²) in [7, 11) is 0. The van der Waals surface area contributed by atoms with E-state index in [1.165, 1.54) is 0 Å². The average molecular weight is 426 g/mol. The van der Waals surface area contributed by atoms with Gasteiger partial charge in [-0.15, -0.1) is 11.3 Å². The highest BCUT2D eigenvalue weighted by molar-refractivity contribution is 7.13. The number of morpholine rings is 1. The Kier molecular flexibility index (Phi) is 6.62. The summed E-state index contributed by atoms with van der Waals surface area (Å²) in [5.74, 6) is -0.0804. The van der Waals surface area contributed by atoms with Gasteiger partial charge in [-0.05, 0) is 48.6 Å². The minimum absolute atomic E-state index is 0.0804. The Morgan fingerprint density at radius 2 is 2.07 bits per heavy atom. The monoisotopic (exact) mass is 425 g/mol. The van der Waals surface area contributed by atoms with Crippen molar-refractivity contribution < 1.29 is 14.4 Å². The number of quaternary nitrogens is 1. The van der Waals surface area contributed by atoms with Crippen molar-refractivity contribution in [2.45, 2.75) is 20.3 Å². The number of benzene rings is 1. The number of amides is 1. The zero-order valence-corrected chi connectivity index (χ0v) is 18.4. The number of thiophene rings is 1. The summed E-state index contributed by atoms with van der Waals surface area (Å²) in [6.07, 6.45) is 0.955. The summed E-state index contributed by atoms with van der Waals surface area (Å²) >= 11 is 1.63. The first-order chi connectivity index (χ1) is 14.6. The molecule has 1 aromatic carbocycles. The van der Waals surface area contributed by atoms with E-state index in [2.05, 4.69) is 30.4 Å². The van der Waals surface area contributed by atoms with E-state index in [4.69, 9.17) is 9.84 Å². The molecule has 0 aliphatic carbocycles. The lowest BCUT2D eigenvalue weighted by molar-refractivity contribution is -0.908. The van der Waals surface area contributed by atoms with E-state index in [1.807, 2.05) is 30.5 Å². The fourth-order valence-electron chi connectivity index (χ4n) is 3.76. The molecule has 7 heteroatoms. The Morgan fingerprint density at radius 1 is 1.23 bits per heavy atom. The van der Waals surface area contributed by atoms with Crippen LogP contribution in [0.1, 0.15) is 28.0 Å². The molecule has 158 valence electrons. The standard InChI is InChI=1S/C23H28N4O2S/c1-17-6-7-18(2)20(15-17)27-21(16-19(25-27)22-5-3-14-30-22)23(28)24-8-4-9-26-10-12-29-13-11-26/h3,5-7,14-16H,4,8-13H2,1-2H3,(H,24,28)/p+1. The van der Waals surface area contributed by atoms with Crippen LogP contribution in [0.4, 0.5) is 0 Å². The van der Waals surface area contributed by atoms with Gasteiger partial charge in [0, 0.05) is 13.0 Å². The van der Waals surface area contributed by atoms with Crippen LogP contribution in [0.25, 0.3) is 16.3 Å². The molecule has 3 aromatic rings. The van der Waals surface area contributed by atoms with Crippen molar-refractivity contribution in [1.82, 2.24) is 15.1 Å². The third-order valence-electron chi connectivity index (χ3n) is 5.50. The number of carbonyl (C=O) groups excluding carboxylic acids is 1. The van der Waals surface area contributed by atoms with Gasteiger partial charge in [0.05, 0.1) is 30.3 Å². The van der Waals surface area contributed by atoms with Gasteiger partial charge in [-0.3, -0.25) is 4.79 Å². The molecular formula is C23H29N4O2S+. The van der Waals surface area contributed by atoms with Crippen LogP contribution >= 0.6 is 11.3 Å². The van der Waals surface area contributed by atoms with Gasteiger partial charge in [-0.2, -0.15) is 5.10 Å². The van der Waals surface area contributed by atoms with Crippen molar-refractivity contribution in [3.05, 3.63) is 58.6 Å². The van der Waals surface area contributed by atoms with Crippen LogP contribution in [0.15, 0.2) is 41.8 Å². The van der Waals surface area contributed by atoms with Crippen LogP contribution in [0.5, 0.6) is 0 Å². The Morgan fingerprint density at radius 3 is 2.83 bits per heavy atom. The van der Waals surface area contributed by atoms with Gasteiger partial charge in [0.2, 0.25) is 0 Å². The first-order valence-corrected chi connectivity index (χ1v) is 11.4. The van der Waals surface area contributed by atoms with Crippen molar-refractivity contribution >= 4 is 17.2 Å². The van der Waals surface area contributed by atoms with E-state index in [0.717, 1.165) is 66.7 Å². The molecule has 3 heterocycles. The van der Waals surface area contributed by atoms with E-state index in [9.17, 15) is 4.79 Å². The molecule has 0 saturated carbocycles. The number of rotatable bonds is 7. The number of hydrogen-bond acceptors (Lipinski definition) is 4. The summed E-state index contributed by atoms with van der Waals surface area (Å²) in [5.41, 5.74) is 4.58. The van der Waals surface area contributed by atoms with Crippen molar-refractivity contribution in [1.29, 1.82) is 0 Å². The first-order valence-electron chi connectivity index (χ1n) is 10.5. The van der Waals surface area contributed by atoms with Crippen molar-refractivity contribution in [3.63, 3.8) is 0 Å². The lowest BCUT2D eigenvalue weighted by atomic mass is 10.1. The largest absolute Gasteiger partial charge is 0.370 e. The van der Waals surface area contributed by atoms with E-state index in [-0.39, 0.29) is 5.91 Å². The van der Waals surface area contributed by atoms with Gasteiger partial charge in [-0.1, -0.05) is 18.2 Å². The summed E-state index contributed by atoms with van der Waals surface area (Å²) in [6.45, 7) is 9.60. The van der Waals surface area contributed by atoms with Crippen LogP contribution < -0.4 is 10.2 Å². The third kappa shape index (κ3) is 4.80. The predicted molar refractivity (Wildman–Crippen MR) is 120 cm³/mol. The lowest BCUT2D eigenvalue weighted by Crippen LogP contribution is -3.14. The van der Waals surface area contributed by atoms with Crippen LogP contribution in [-0.2, 0) is 4.74 Å². The third-order valence-corrected chi connectivity index (χ3v) is 6.39. The van der Waals surface area contributed by atoms with Gasteiger partial charge in [0.15, 0.2) is 0 Å². The van der Waals surface area contributed by atoms with E-state index in [0.29, 0.717) is 12.2 Å². The molecule has 0 unspecified atom stereocenters. The number of carbonyl (C=O) groups is 1. The zero-order valence-electron chi connectivity index (χ0n) is 17.6. The average Bonchev–Trinajstić information content (AvgIpc) is 3.43. The number of aromatic nitrogens is 2. The maximum Gasteiger partial charge on any atom is 0.270 e. The molecule has 1 aliphatic rings. The molecule has 0 atom stereocenters. The number of hydrogen-bond donors (Lipinski definition) is 2. The van der Waals surface area contributed by atoms with Gasteiger partial charge >= 0.3 is 0 Å². The first kappa shape index (κ1) is 20.8. The van der Waals surface area contributed by atoms with Crippen LogP contribution in [0, 0.1) is 13.8 Å². The van der Waals surface area contributed by atoms with Gasteiger partial charge < -0.3 is 15.0 Å². The highest BCUT2D eigenvalue weighted by atomic mass is 32.1. The summed E-state index contributed by atoms with van der Waals surface area (Å²) in [5, 5.41) is 9.92. The molecule has 0 bridgehead atoms. The van der Waals surface area contributed by atoms with Crippen molar-refractivity contribution in [2.24, 2.45) is 0 Å². The minimum Gasteiger partial charge on any atom is -0.370 e. The molecule has 0 radical (unpaired) electrons. The van der Waals surface area contributed by atoms with E-state index >= 15 is 0 Å². The number of nitrogens with one attached hydrogen (secondary N) is 2. The molecular weight excluding hydrogens is 396 g/mol. The SMILES string of the molecule is Cc1ccc(C)c(-n2nc(-c3cccs3)cc2C(=O)NCCC[NH+]2CCOCC2)c1. The summed E-state index contributed by atoms with van der Waals surface area (Å²) < 4.78 is 7.20. The highest BCUT2D eigenvalue weighted by Gasteiger charge is 2.19. The Labute approximate surface area is 181 Å². The second kappa shape index (κ2) is 9.55. The molecule has 1 aliphatic heterocycles. The molecule has 1 amide bonds. The topological polar surface area (TPSA) is 60.6 Å². The zero-order chi connectivity index (χ0) is 20.9.